The number of aromatic nitrogens is 1. The normalized spacial score (nSPS) is 15.0. The molecule has 0 bridgehead atoms. The van der Waals surface area contributed by atoms with Gasteiger partial charge in [0.25, 0.3) is 5.91 Å². The highest BCUT2D eigenvalue weighted by Gasteiger charge is 2.32. The van der Waals surface area contributed by atoms with E-state index in [0.717, 1.165) is 0 Å². The number of nitrogens with one attached hydrogen (secondary N) is 1. The summed E-state index contributed by atoms with van der Waals surface area (Å²) in [5.41, 5.74) is -0.502. The van der Waals surface area contributed by atoms with Crippen molar-refractivity contribution in [3.05, 3.63) is 16.1 Å². The standard InChI is InChI=1S/C24H39N3O7S/c1-13(2)18(27(9)23(32)34-24(6,7)8)11-19(33-16(5)28)21-26-17(12-35-21)20(29)25-15(4)10-14(3)22(30)31/h12-15,18-19H,10-11H2,1-9H3,(H,25,29)(H,30,31)/t14-,15-,18+,19+/m0/s1. The van der Waals surface area contributed by atoms with Crippen LogP contribution in [-0.4, -0.2) is 63.7 Å². The van der Waals surface area contributed by atoms with Gasteiger partial charge in [-0.05, 0) is 40.0 Å². The molecule has 0 fully saturated rings. The van der Waals surface area contributed by atoms with Crippen LogP contribution in [0.3, 0.4) is 0 Å². The molecule has 35 heavy (non-hydrogen) atoms. The molecule has 0 aliphatic heterocycles. The molecule has 1 aromatic heterocycles. The lowest BCUT2D eigenvalue weighted by Crippen LogP contribution is -2.44. The molecule has 10 nitrogen and oxygen atoms in total. The molecule has 0 radical (unpaired) electrons. The molecule has 1 aromatic rings. The van der Waals surface area contributed by atoms with Crippen LogP contribution in [0.5, 0.6) is 0 Å². The van der Waals surface area contributed by atoms with Gasteiger partial charge in [-0.15, -0.1) is 11.3 Å². The van der Waals surface area contributed by atoms with Gasteiger partial charge in [0.15, 0.2) is 6.10 Å². The van der Waals surface area contributed by atoms with Crippen molar-refractivity contribution in [2.45, 2.75) is 92.0 Å². The summed E-state index contributed by atoms with van der Waals surface area (Å²) >= 11 is 1.18. The summed E-state index contributed by atoms with van der Waals surface area (Å²) in [5.74, 6) is -2.45. The highest BCUT2D eigenvalue weighted by molar-refractivity contribution is 7.09. The van der Waals surface area contributed by atoms with Crippen LogP contribution in [0.25, 0.3) is 0 Å². The maximum Gasteiger partial charge on any atom is 0.410 e. The molecule has 1 rings (SSSR count). The van der Waals surface area contributed by atoms with Crippen LogP contribution in [0.15, 0.2) is 5.38 Å². The van der Waals surface area contributed by atoms with Gasteiger partial charge in [-0.3, -0.25) is 14.4 Å². The van der Waals surface area contributed by atoms with E-state index < -0.39 is 41.6 Å². The number of nitrogens with zero attached hydrogens (tertiary/aromatic N) is 2. The van der Waals surface area contributed by atoms with Crippen LogP contribution in [0.1, 0.15) is 89.8 Å². The van der Waals surface area contributed by atoms with Crippen molar-refractivity contribution in [1.29, 1.82) is 0 Å². The van der Waals surface area contributed by atoms with Gasteiger partial charge in [-0.2, -0.15) is 0 Å². The highest BCUT2D eigenvalue weighted by atomic mass is 32.1. The van der Waals surface area contributed by atoms with Crippen molar-refractivity contribution >= 4 is 35.3 Å². The highest BCUT2D eigenvalue weighted by Crippen LogP contribution is 2.31. The summed E-state index contributed by atoms with van der Waals surface area (Å²) in [7, 11) is 1.64. The molecular weight excluding hydrogens is 474 g/mol. The van der Waals surface area contributed by atoms with Crippen molar-refractivity contribution in [3.8, 4) is 0 Å². The third-order valence-corrected chi connectivity index (χ3v) is 6.19. The minimum atomic E-state index is -0.928. The zero-order valence-electron chi connectivity index (χ0n) is 22.1. The first-order valence-electron chi connectivity index (χ1n) is 11.6. The van der Waals surface area contributed by atoms with Crippen LogP contribution in [-0.2, 0) is 19.1 Å². The second kappa shape index (κ2) is 12.9. The smallest absolute Gasteiger partial charge is 0.410 e. The molecular formula is C24H39N3O7S. The Balaban J connectivity index is 3.04. The fraction of sp³-hybridized carbons (Fsp3) is 0.708. The van der Waals surface area contributed by atoms with Gasteiger partial charge in [0.05, 0.1) is 5.92 Å². The Morgan fingerprint density at radius 3 is 2.23 bits per heavy atom. The predicted molar refractivity (Wildman–Crippen MR) is 132 cm³/mol. The van der Waals surface area contributed by atoms with Gasteiger partial charge in [0.1, 0.15) is 16.3 Å². The monoisotopic (exact) mass is 513 g/mol. The van der Waals surface area contributed by atoms with E-state index in [1.54, 1.807) is 47.0 Å². The van der Waals surface area contributed by atoms with Gasteiger partial charge in [0.2, 0.25) is 0 Å². The van der Waals surface area contributed by atoms with Crippen molar-refractivity contribution < 1.29 is 33.8 Å². The predicted octanol–water partition coefficient (Wildman–Crippen LogP) is 4.26. The van der Waals surface area contributed by atoms with Crippen LogP contribution < -0.4 is 5.32 Å². The molecule has 0 aliphatic rings. The number of carbonyl (C=O) groups excluding carboxylic acids is 3. The van der Waals surface area contributed by atoms with E-state index in [1.165, 1.54) is 23.2 Å². The second-order valence-electron chi connectivity index (χ2n) is 10.2. The van der Waals surface area contributed by atoms with E-state index in [2.05, 4.69) is 10.3 Å². The Kier molecular flexibility index (Phi) is 11.1. The average Bonchev–Trinajstić information content (AvgIpc) is 3.18. The molecule has 11 heteroatoms. The first-order chi connectivity index (χ1) is 16.0. The van der Waals surface area contributed by atoms with Crippen LogP contribution >= 0.6 is 11.3 Å². The topological polar surface area (TPSA) is 135 Å². The number of carboxylic acids is 1. The number of esters is 1. The molecule has 0 unspecified atom stereocenters. The molecule has 0 saturated carbocycles. The molecule has 1 heterocycles. The maximum absolute atomic E-state index is 12.7. The van der Waals surface area contributed by atoms with Gasteiger partial charge in [0, 0.05) is 37.9 Å². The summed E-state index contributed by atoms with van der Waals surface area (Å²) < 4.78 is 11.0. The van der Waals surface area contributed by atoms with Crippen molar-refractivity contribution in [2.75, 3.05) is 7.05 Å². The Hall–Kier alpha value is -2.69. The molecule has 0 aromatic carbocycles. The number of carboxylic acid groups (broad SMARTS) is 1. The number of aliphatic carboxylic acids is 1. The fourth-order valence-corrected chi connectivity index (χ4v) is 4.33. The molecule has 0 aliphatic carbocycles. The number of thiazole rings is 1. The van der Waals surface area contributed by atoms with Gasteiger partial charge in [-0.1, -0.05) is 20.8 Å². The number of hydrogen-bond donors (Lipinski definition) is 2. The Morgan fingerprint density at radius 1 is 1.14 bits per heavy atom. The van der Waals surface area contributed by atoms with E-state index in [4.69, 9.17) is 14.6 Å². The second-order valence-corrected chi connectivity index (χ2v) is 11.0. The van der Waals surface area contributed by atoms with E-state index >= 15 is 0 Å². The van der Waals surface area contributed by atoms with Crippen molar-refractivity contribution in [2.24, 2.45) is 11.8 Å². The molecule has 0 saturated heterocycles. The lowest BCUT2D eigenvalue weighted by molar-refractivity contribution is -0.148. The Morgan fingerprint density at radius 2 is 1.74 bits per heavy atom. The third kappa shape index (κ3) is 10.2. The minimum Gasteiger partial charge on any atom is -0.481 e. The number of hydrogen-bond acceptors (Lipinski definition) is 8. The van der Waals surface area contributed by atoms with E-state index in [-0.39, 0.29) is 36.5 Å². The lowest BCUT2D eigenvalue weighted by Gasteiger charge is -2.34. The molecule has 2 N–H and O–H groups in total. The fourth-order valence-electron chi connectivity index (χ4n) is 3.49. The van der Waals surface area contributed by atoms with Crippen molar-refractivity contribution in [1.82, 2.24) is 15.2 Å². The molecule has 4 atom stereocenters. The largest absolute Gasteiger partial charge is 0.481 e. The van der Waals surface area contributed by atoms with Crippen LogP contribution in [0, 0.1) is 11.8 Å². The number of rotatable bonds is 11. The summed E-state index contributed by atoms with van der Waals surface area (Å²) in [5, 5.41) is 13.8. The molecule has 0 spiro atoms. The Bertz CT molecular complexity index is 894. The maximum atomic E-state index is 12.7. The first kappa shape index (κ1) is 30.3. The quantitative estimate of drug-likeness (QED) is 0.419. The number of carbonyl (C=O) groups is 4. The van der Waals surface area contributed by atoms with Crippen LogP contribution in [0.2, 0.25) is 0 Å². The third-order valence-electron chi connectivity index (χ3n) is 5.25. The van der Waals surface area contributed by atoms with Crippen molar-refractivity contribution in [3.63, 3.8) is 0 Å². The molecule has 2 amide bonds. The Labute approximate surface area is 211 Å². The summed E-state index contributed by atoms with van der Waals surface area (Å²) in [6.45, 7) is 13.9. The number of amides is 2. The zero-order valence-corrected chi connectivity index (χ0v) is 22.9. The van der Waals surface area contributed by atoms with E-state index in [9.17, 15) is 19.2 Å². The zero-order chi connectivity index (χ0) is 27.1. The lowest BCUT2D eigenvalue weighted by atomic mass is 9.96. The minimum absolute atomic E-state index is 0.0189. The summed E-state index contributed by atoms with van der Waals surface area (Å²) in [6, 6.07) is -0.691. The summed E-state index contributed by atoms with van der Waals surface area (Å²) in [6.07, 6.45) is -0.697. The summed E-state index contributed by atoms with van der Waals surface area (Å²) in [4.78, 5) is 54.1. The van der Waals surface area contributed by atoms with Gasteiger partial charge >= 0.3 is 18.0 Å². The molecule has 198 valence electrons. The van der Waals surface area contributed by atoms with E-state index in [0.29, 0.717) is 5.01 Å². The van der Waals surface area contributed by atoms with Crippen LogP contribution in [0.4, 0.5) is 4.79 Å². The van der Waals surface area contributed by atoms with E-state index in [1.807, 2.05) is 13.8 Å². The average molecular weight is 514 g/mol. The van der Waals surface area contributed by atoms with Gasteiger partial charge in [-0.25, -0.2) is 9.78 Å². The first-order valence-corrected chi connectivity index (χ1v) is 12.5. The van der Waals surface area contributed by atoms with Gasteiger partial charge < -0.3 is 24.8 Å². The SMILES string of the molecule is CC(=O)O[C@H](C[C@H](C(C)C)N(C)C(=O)OC(C)(C)C)c1nc(C(=O)N[C@@H](C)C[C@H](C)C(=O)O)cs1. The number of ether oxygens (including phenoxy) is 2.